The van der Waals surface area contributed by atoms with Crippen molar-refractivity contribution in [2.45, 2.75) is 32.1 Å². The van der Waals surface area contributed by atoms with Crippen LogP contribution in [0.15, 0.2) is 36.4 Å². The van der Waals surface area contributed by atoms with E-state index in [0.717, 1.165) is 12.1 Å². The molecule has 1 aromatic heterocycles. The number of carbonyl (C=O) groups excluding carboxylic acids is 1. The summed E-state index contributed by atoms with van der Waals surface area (Å²) in [6, 6.07) is 8.51. The summed E-state index contributed by atoms with van der Waals surface area (Å²) in [5, 5.41) is 1.21. The average Bonchev–Trinajstić information content (AvgIpc) is 3.07. The lowest BCUT2D eigenvalue weighted by Crippen LogP contribution is -2.43. The van der Waals surface area contributed by atoms with Gasteiger partial charge in [0.25, 0.3) is 5.91 Å². The van der Waals surface area contributed by atoms with E-state index in [2.05, 4.69) is 0 Å². The third kappa shape index (κ3) is 4.58. The number of likely N-dealkylation sites (tertiary alicyclic amines) is 1. The van der Waals surface area contributed by atoms with Crippen LogP contribution in [0.2, 0.25) is 10.0 Å². The number of fused-ring (bicyclic) bond motifs is 1. The van der Waals surface area contributed by atoms with Gasteiger partial charge in [0, 0.05) is 48.7 Å². The lowest BCUT2D eigenvalue weighted by Gasteiger charge is -2.33. The zero-order valence-corrected chi connectivity index (χ0v) is 19.5. The molecule has 1 saturated heterocycles. The minimum Gasteiger partial charge on any atom is -0.347 e. The largest absolute Gasteiger partial charge is 0.416 e. The highest BCUT2D eigenvalue weighted by Gasteiger charge is 2.32. The molecule has 0 aliphatic carbocycles. The van der Waals surface area contributed by atoms with Gasteiger partial charge < -0.3 is 9.47 Å². The lowest BCUT2D eigenvalue weighted by atomic mass is 9.97. The predicted octanol–water partition coefficient (Wildman–Crippen LogP) is 6.91. The first-order chi connectivity index (χ1) is 15.5. The number of nitrogens with zero attached hydrogens (tertiary/aromatic N) is 2. The molecule has 1 fully saturated rings. The SMILES string of the molecule is C[C@@H]1CN(C(=O)c2ccc(Cl)c(Cc3cc4ccc(C(F)(F)F)cc4n3C)c2Cl)CC[C@H]1F. The Hall–Kier alpha value is -2.25. The van der Waals surface area contributed by atoms with Crippen LogP contribution in [0, 0.1) is 5.92 Å². The van der Waals surface area contributed by atoms with Crippen molar-refractivity contribution < 1.29 is 22.4 Å². The van der Waals surface area contributed by atoms with Crippen molar-refractivity contribution in [1.82, 2.24) is 9.47 Å². The van der Waals surface area contributed by atoms with Crippen molar-refractivity contribution in [2.24, 2.45) is 13.0 Å². The molecule has 2 aromatic carbocycles. The van der Waals surface area contributed by atoms with E-state index in [-0.39, 0.29) is 35.3 Å². The molecule has 2 atom stereocenters. The van der Waals surface area contributed by atoms with Gasteiger partial charge in [-0.2, -0.15) is 13.2 Å². The Bertz CT molecular complexity index is 1220. The minimum atomic E-state index is -4.44. The van der Waals surface area contributed by atoms with Gasteiger partial charge in [-0.3, -0.25) is 4.79 Å². The second-order valence-electron chi connectivity index (χ2n) is 8.56. The molecule has 1 aliphatic heterocycles. The monoisotopic (exact) mass is 500 g/mol. The second kappa shape index (κ2) is 8.84. The number of carbonyl (C=O) groups is 1. The smallest absolute Gasteiger partial charge is 0.347 e. The van der Waals surface area contributed by atoms with Crippen LogP contribution in [0.4, 0.5) is 17.6 Å². The number of aromatic nitrogens is 1. The molecule has 0 bridgehead atoms. The lowest BCUT2D eigenvalue weighted by molar-refractivity contribution is -0.137. The maximum absolute atomic E-state index is 13.8. The van der Waals surface area contributed by atoms with Crippen molar-refractivity contribution in [1.29, 1.82) is 0 Å². The Morgan fingerprint density at radius 1 is 1.15 bits per heavy atom. The fraction of sp³-hybridized carbons (Fsp3) is 0.375. The van der Waals surface area contributed by atoms with Crippen LogP contribution < -0.4 is 0 Å². The summed E-state index contributed by atoms with van der Waals surface area (Å²) in [5.41, 5.74) is 1.20. The first kappa shape index (κ1) is 23.9. The third-order valence-electron chi connectivity index (χ3n) is 6.33. The van der Waals surface area contributed by atoms with Gasteiger partial charge in [0.05, 0.1) is 16.1 Å². The zero-order valence-electron chi connectivity index (χ0n) is 18.0. The maximum atomic E-state index is 13.8. The molecule has 33 heavy (non-hydrogen) atoms. The third-order valence-corrected chi connectivity index (χ3v) is 7.12. The predicted molar refractivity (Wildman–Crippen MR) is 122 cm³/mol. The van der Waals surface area contributed by atoms with Gasteiger partial charge in [-0.25, -0.2) is 4.39 Å². The molecule has 176 valence electrons. The Morgan fingerprint density at radius 2 is 1.88 bits per heavy atom. The van der Waals surface area contributed by atoms with Crippen LogP contribution in [0.5, 0.6) is 0 Å². The Balaban J connectivity index is 1.67. The van der Waals surface area contributed by atoms with Crippen LogP contribution in [0.1, 0.15) is 40.5 Å². The van der Waals surface area contributed by atoms with Crippen LogP contribution in [0.25, 0.3) is 10.9 Å². The van der Waals surface area contributed by atoms with Crippen molar-refractivity contribution in [3.63, 3.8) is 0 Å². The fourth-order valence-corrected chi connectivity index (χ4v) is 4.90. The molecule has 1 amide bonds. The Labute approximate surface area is 198 Å². The number of halogens is 6. The molecule has 0 saturated carbocycles. The first-order valence-electron chi connectivity index (χ1n) is 10.5. The fourth-order valence-electron chi connectivity index (χ4n) is 4.31. The molecule has 9 heteroatoms. The number of benzene rings is 2. The van der Waals surface area contributed by atoms with E-state index in [9.17, 15) is 22.4 Å². The van der Waals surface area contributed by atoms with Gasteiger partial charge in [-0.1, -0.05) is 36.2 Å². The molecule has 0 radical (unpaired) electrons. The summed E-state index contributed by atoms with van der Waals surface area (Å²) in [5.74, 6) is -0.547. The van der Waals surface area contributed by atoms with Crippen LogP contribution in [0.3, 0.4) is 0 Å². The first-order valence-corrected chi connectivity index (χ1v) is 11.3. The Kier molecular flexibility index (Phi) is 6.40. The second-order valence-corrected chi connectivity index (χ2v) is 9.35. The summed E-state index contributed by atoms with van der Waals surface area (Å²) in [6.07, 6.45) is -4.86. The molecule has 0 unspecified atom stereocenters. The molecule has 3 aromatic rings. The van der Waals surface area contributed by atoms with Crippen molar-refractivity contribution in [2.75, 3.05) is 13.1 Å². The molecule has 2 heterocycles. The highest BCUT2D eigenvalue weighted by atomic mass is 35.5. The van der Waals surface area contributed by atoms with Crippen LogP contribution >= 0.6 is 23.2 Å². The van der Waals surface area contributed by atoms with Gasteiger partial charge >= 0.3 is 6.18 Å². The van der Waals surface area contributed by atoms with Gasteiger partial charge in [0.15, 0.2) is 0 Å². The summed E-state index contributed by atoms with van der Waals surface area (Å²) >= 11 is 13.0. The molecule has 1 aliphatic rings. The zero-order chi connectivity index (χ0) is 24.1. The van der Waals surface area contributed by atoms with Crippen molar-refractivity contribution in [3.05, 3.63) is 68.8 Å². The van der Waals surface area contributed by atoms with E-state index >= 15 is 0 Å². The molecule has 4 rings (SSSR count). The van der Waals surface area contributed by atoms with E-state index in [0.29, 0.717) is 40.3 Å². The highest BCUT2D eigenvalue weighted by molar-refractivity contribution is 6.38. The average molecular weight is 501 g/mol. The topological polar surface area (TPSA) is 25.2 Å². The summed E-state index contributed by atoms with van der Waals surface area (Å²) in [6.45, 7) is 2.38. The maximum Gasteiger partial charge on any atom is 0.416 e. The molecular formula is C24H22Cl2F4N2O. The Morgan fingerprint density at radius 3 is 2.55 bits per heavy atom. The number of aryl methyl sites for hydroxylation is 1. The van der Waals surface area contributed by atoms with E-state index in [1.807, 2.05) is 0 Å². The molecular weight excluding hydrogens is 479 g/mol. The van der Waals surface area contributed by atoms with Crippen molar-refractivity contribution in [3.8, 4) is 0 Å². The number of rotatable bonds is 3. The van der Waals surface area contributed by atoms with E-state index in [1.54, 1.807) is 41.6 Å². The van der Waals surface area contributed by atoms with E-state index < -0.39 is 17.9 Å². The summed E-state index contributed by atoms with van der Waals surface area (Å²) < 4.78 is 54.9. The number of hydrogen-bond donors (Lipinski definition) is 0. The summed E-state index contributed by atoms with van der Waals surface area (Å²) in [4.78, 5) is 14.7. The van der Waals surface area contributed by atoms with Crippen LogP contribution in [-0.2, 0) is 19.6 Å². The van der Waals surface area contributed by atoms with Crippen LogP contribution in [-0.4, -0.2) is 34.6 Å². The highest BCUT2D eigenvalue weighted by Crippen LogP contribution is 2.35. The van der Waals surface area contributed by atoms with Crippen molar-refractivity contribution >= 4 is 40.0 Å². The van der Waals surface area contributed by atoms with Gasteiger partial charge in [0.1, 0.15) is 6.17 Å². The number of alkyl halides is 4. The van der Waals surface area contributed by atoms with Gasteiger partial charge in [0.2, 0.25) is 0 Å². The number of hydrogen-bond acceptors (Lipinski definition) is 1. The van der Waals surface area contributed by atoms with E-state index in [4.69, 9.17) is 23.2 Å². The van der Waals surface area contributed by atoms with E-state index in [1.165, 1.54) is 6.07 Å². The summed E-state index contributed by atoms with van der Waals surface area (Å²) in [7, 11) is 1.68. The molecule has 0 spiro atoms. The molecule has 3 nitrogen and oxygen atoms in total. The number of piperidine rings is 1. The van der Waals surface area contributed by atoms with Gasteiger partial charge in [-0.05, 0) is 47.7 Å². The molecule has 0 N–H and O–H groups in total. The quantitative estimate of drug-likeness (QED) is 0.358. The standard InChI is InChI=1S/C24H22Cl2F4N2O/c1-13-12-32(8-7-20(13)27)23(33)17-5-6-19(25)18(22(17)26)11-16-9-14-3-4-15(24(28,29)30)10-21(14)31(16)2/h3-6,9-10,13,20H,7-8,11-12H2,1-2H3/t13-,20-/m1/s1. The minimum absolute atomic E-state index is 0.198. The number of amides is 1. The normalized spacial score (nSPS) is 19.3. The van der Waals surface area contributed by atoms with Gasteiger partial charge in [-0.15, -0.1) is 0 Å².